The summed E-state index contributed by atoms with van der Waals surface area (Å²) in [5.74, 6) is -0.594. The van der Waals surface area contributed by atoms with Gasteiger partial charge in [0.05, 0.1) is 13.2 Å². The van der Waals surface area contributed by atoms with Crippen LogP contribution in [0.1, 0.15) is 21.5 Å². The third kappa shape index (κ3) is 6.90. The van der Waals surface area contributed by atoms with Crippen molar-refractivity contribution in [3.05, 3.63) is 101 Å². The Morgan fingerprint density at radius 2 is 1.62 bits per heavy atom. The second-order valence-corrected chi connectivity index (χ2v) is 8.74. The van der Waals surface area contributed by atoms with Crippen molar-refractivity contribution in [3.8, 4) is 0 Å². The summed E-state index contributed by atoms with van der Waals surface area (Å²) in [5.41, 5.74) is 3.22. The lowest BCUT2D eigenvalue weighted by Crippen LogP contribution is -2.45. The minimum atomic E-state index is -0.742. The monoisotopic (exact) mass is 477 g/mol. The number of benzene rings is 3. The van der Waals surface area contributed by atoms with Crippen molar-refractivity contribution in [3.63, 3.8) is 0 Å². The zero-order valence-electron chi connectivity index (χ0n) is 18.9. The van der Waals surface area contributed by atoms with E-state index in [1.165, 1.54) is 0 Å². The average molecular weight is 478 g/mol. The molecule has 0 aromatic heterocycles. The highest BCUT2D eigenvalue weighted by atomic mass is 35.5. The third-order valence-electron chi connectivity index (χ3n) is 5.72. The first-order chi connectivity index (χ1) is 16.6. The molecule has 1 aliphatic rings. The quantitative estimate of drug-likeness (QED) is 0.511. The second kappa shape index (κ2) is 11.8. The maximum atomic E-state index is 13.3. The van der Waals surface area contributed by atoms with Crippen LogP contribution in [-0.2, 0) is 22.5 Å². The molecule has 0 spiro atoms. The predicted molar refractivity (Wildman–Crippen MR) is 134 cm³/mol. The van der Waals surface area contributed by atoms with Crippen molar-refractivity contribution in [2.24, 2.45) is 0 Å². The van der Waals surface area contributed by atoms with E-state index in [1.807, 2.05) is 48.5 Å². The number of nitrogens with zero attached hydrogens (tertiary/aromatic N) is 1. The van der Waals surface area contributed by atoms with Crippen molar-refractivity contribution in [1.82, 2.24) is 10.2 Å². The first-order valence-corrected chi connectivity index (χ1v) is 11.7. The first kappa shape index (κ1) is 24.0. The van der Waals surface area contributed by atoms with Crippen LogP contribution in [0, 0.1) is 0 Å². The van der Waals surface area contributed by atoms with Crippen molar-refractivity contribution in [2.75, 3.05) is 31.6 Å². The summed E-state index contributed by atoms with van der Waals surface area (Å²) < 4.78 is 5.42. The fourth-order valence-electron chi connectivity index (χ4n) is 3.90. The maximum Gasteiger partial charge on any atom is 0.251 e. The fourth-order valence-corrected chi connectivity index (χ4v) is 4.02. The fraction of sp³-hybridized carbons (Fsp3) is 0.259. The molecule has 3 aromatic rings. The van der Waals surface area contributed by atoms with Crippen molar-refractivity contribution in [1.29, 1.82) is 0 Å². The van der Waals surface area contributed by atoms with Crippen LogP contribution >= 0.6 is 11.6 Å². The van der Waals surface area contributed by atoms with Gasteiger partial charge in [0.15, 0.2) is 0 Å². The highest BCUT2D eigenvalue weighted by molar-refractivity contribution is 6.30. The number of halogens is 1. The van der Waals surface area contributed by atoms with E-state index < -0.39 is 6.04 Å². The number of amides is 2. The Balaban J connectivity index is 1.46. The van der Waals surface area contributed by atoms with Gasteiger partial charge in [0.25, 0.3) is 5.91 Å². The summed E-state index contributed by atoms with van der Waals surface area (Å²) >= 11 is 5.94. The van der Waals surface area contributed by atoms with Crippen LogP contribution in [-0.4, -0.2) is 49.1 Å². The molecule has 1 atom stereocenters. The summed E-state index contributed by atoms with van der Waals surface area (Å²) in [6, 6.07) is 23.3. The number of carbonyl (C=O) groups excluding carboxylic acids is 2. The van der Waals surface area contributed by atoms with Crippen LogP contribution in [0.15, 0.2) is 78.9 Å². The summed E-state index contributed by atoms with van der Waals surface area (Å²) in [6.45, 7) is 4.07. The molecule has 4 rings (SSSR count). The van der Waals surface area contributed by atoms with Crippen LogP contribution in [0.2, 0.25) is 5.02 Å². The first-order valence-electron chi connectivity index (χ1n) is 11.4. The second-order valence-electron chi connectivity index (χ2n) is 8.30. The van der Waals surface area contributed by atoms with E-state index in [1.54, 1.807) is 24.3 Å². The zero-order valence-corrected chi connectivity index (χ0v) is 19.6. The Bertz CT molecular complexity index is 1100. The summed E-state index contributed by atoms with van der Waals surface area (Å²) in [5, 5.41) is 6.42. The van der Waals surface area contributed by atoms with Gasteiger partial charge in [0, 0.05) is 42.3 Å². The van der Waals surface area contributed by atoms with Crippen molar-refractivity contribution < 1.29 is 14.3 Å². The van der Waals surface area contributed by atoms with Gasteiger partial charge < -0.3 is 15.4 Å². The Morgan fingerprint density at radius 3 is 2.35 bits per heavy atom. The molecule has 0 saturated carbocycles. The van der Waals surface area contributed by atoms with E-state index >= 15 is 0 Å². The average Bonchev–Trinajstić information content (AvgIpc) is 2.85. The predicted octanol–water partition coefficient (Wildman–Crippen LogP) is 4.15. The smallest absolute Gasteiger partial charge is 0.251 e. The van der Waals surface area contributed by atoms with E-state index in [2.05, 4.69) is 21.6 Å². The molecule has 1 unspecified atom stereocenters. The Kier molecular flexibility index (Phi) is 8.31. The van der Waals surface area contributed by atoms with Gasteiger partial charge >= 0.3 is 0 Å². The third-order valence-corrected chi connectivity index (χ3v) is 5.97. The van der Waals surface area contributed by atoms with Gasteiger partial charge in [-0.2, -0.15) is 0 Å². The lowest BCUT2D eigenvalue weighted by Gasteiger charge is -2.26. The lowest BCUT2D eigenvalue weighted by molar-refractivity contribution is -0.118. The summed E-state index contributed by atoms with van der Waals surface area (Å²) in [6.07, 6.45) is 0.374. The number of hydrogen-bond donors (Lipinski definition) is 2. The molecular formula is C27H28ClN3O3. The van der Waals surface area contributed by atoms with E-state index in [-0.39, 0.29) is 11.8 Å². The highest BCUT2D eigenvalue weighted by Gasteiger charge is 2.22. The molecule has 6 nitrogen and oxygen atoms in total. The number of anilines is 1. The van der Waals surface area contributed by atoms with Gasteiger partial charge in [0.2, 0.25) is 5.91 Å². The van der Waals surface area contributed by atoms with E-state index in [0.717, 1.165) is 44.0 Å². The maximum absolute atomic E-state index is 13.3. The molecule has 1 fully saturated rings. The normalized spacial score (nSPS) is 14.9. The molecule has 1 aliphatic heterocycles. The highest BCUT2D eigenvalue weighted by Crippen LogP contribution is 2.15. The van der Waals surface area contributed by atoms with E-state index in [4.69, 9.17) is 16.3 Å². The Hall–Kier alpha value is -3.19. The largest absolute Gasteiger partial charge is 0.379 e. The zero-order chi connectivity index (χ0) is 23.8. The summed E-state index contributed by atoms with van der Waals surface area (Å²) in [4.78, 5) is 28.4. The van der Waals surface area contributed by atoms with E-state index in [0.29, 0.717) is 22.7 Å². The minimum absolute atomic E-state index is 0.269. The molecule has 0 aliphatic carbocycles. The van der Waals surface area contributed by atoms with Crippen LogP contribution in [0.3, 0.4) is 0 Å². The molecule has 2 amide bonds. The van der Waals surface area contributed by atoms with Gasteiger partial charge in [0.1, 0.15) is 6.04 Å². The summed E-state index contributed by atoms with van der Waals surface area (Å²) in [7, 11) is 0. The lowest BCUT2D eigenvalue weighted by atomic mass is 10.0. The molecule has 3 aromatic carbocycles. The van der Waals surface area contributed by atoms with Crippen LogP contribution in [0.5, 0.6) is 0 Å². The molecular weight excluding hydrogens is 450 g/mol. The topological polar surface area (TPSA) is 70.7 Å². The molecule has 0 bridgehead atoms. The van der Waals surface area contributed by atoms with Gasteiger partial charge in [-0.3, -0.25) is 14.5 Å². The molecule has 2 N–H and O–H groups in total. The van der Waals surface area contributed by atoms with Gasteiger partial charge in [-0.25, -0.2) is 0 Å². The van der Waals surface area contributed by atoms with Crippen molar-refractivity contribution >= 4 is 29.1 Å². The van der Waals surface area contributed by atoms with Crippen molar-refractivity contribution in [2.45, 2.75) is 19.0 Å². The Labute approximate surface area is 204 Å². The molecule has 1 heterocycles. The van der Waals surface area contributed by atoms with Gasteiger partial charge in [-0.05, 0) is 47.5 Å². The number of nitrogens with one attached hydrogen (secondary N) is 2. The van der Waals surface area contributed by atoms with E-state index in [9.17, 15) is 9.59 Å². The standard InChI is InChI=1S/C27H28ClN3O3/c28-23-11-9-22(10-12-23)26(32)30-25(18-20-5-2-1-3-6-20)27(33)29-24-8-4-7-21(17-24)19-31-13-15-34-16-14-31/h1-12,17,25H,13-16,18-19H2,(H,29,33)(H,30,32). The number of morpholine rings is 1. The number of hydrogen-bond acceptors (Lipinski definition) is 4. The molecule has 7 heteroatoms. The molecule has 1 saturated heterocycles. The number of ether oxygens (including phenoxy) is 1. The van der Waals surface area contributed by atoms with Crippen LogP contribution in [0.4, 0.5) is 5.69 Å². The molecule has 176 valence electrons. The molecule has 0 radical (unpaired) electrons. The Morgan fingerprint density at radius 1 is 0.912 bits per heavy atom. The van der Waals surface area contributed by atoms with Gasteiger partial charge in [-0.1, -0.05) is 54.1 Å². The van der Waals surface area contributed by atoms with Crippen LogP contribution < -0.4 is 10.6 Å². The van der Waals surface area contributed by atoms with Gasteiger partial charge in [-0.15, -0.1) is 0 Å². The molecule has 34 heavy (non-hydrogen) atoms. The number of carbonyl (C=O) groups is 2. The number of rotatable bonds is 8. The minimum Gasteiger partial charge on any atom is -0.379 e. The van der Waals surface area contributed by atoms with Crippen LogP contribution in [0.25, 0.3) is 0 Å². The SMILES string of the molecule is O=C(NC(Cc1ccccc1)C(=O)Nc1cccc(CN2CCOCC2)c1)c1ccc(Cl)cc1.